The van der Waals surface area contributed by atoms with Gasteiger partial charge < -0.3 is 14.8 Å². The van der Waals surface area contributed by atoms with Crippen LogP contribution in [0.5, 0.6) is 0 Å². The van der Waals surface area contributed by atoms with E-state index in [1.165, 1.54) is 25.8 Å². The summed E-state index contributed by atoms with van der Waals surface area (Å²) >= 11 is 0. The number of fused-ring (bicyclic) bond motifs is 2. The van der Waals surface area contributed by atoms with E-state index in [-0.39, 0.29) is 0 Å². The van der Waals surface area contributed by atoms with Crippen LogP contribution in [0.2, 0.25) is 0 Å². The van der Waals surface area contributed by atoms with Crippen molar-refractivity contribution >= 4 is 0 Å². The molecule has 4 rings (SSSR count). The Morgan fingerprint density at radius 3 is 2.68 bits per heavy atom. The van der Waals surface area contributed by atoms with Gasteiger partial charge in [0.25, 0.3) is 0 Å². The minimum absolute atomic E-state index is 0.625. The Kier molecular flexibility index (Phi) is 4.81. The second kappa shape index (κ2) is 7.00. The average molecular weight is 306 g/mol. The molecule has 22 heavy (non-hydrogen) atoms. The fraction of sp³-hybridized carbons (Fsp3) is 0.889. The molecule has 0 unspecified atom stereocenters. The van der Waals surface area contributed by atoms with Crippen molar-refractivity contribution < 1.29 is 9.47 Å². The largest absolute Gasteiger partial charge is 0.381 e. The van der Waals surface area contributed by atoms with Crippen LogP contribution in [0.3, 0.4) is 0 Å². The van der Waals surface area contributed by atoms with Crippen LogP contribution in [0.4, 0.5) is 0 Å². The van der Waals surface area contributed by atoms with E-state index in [9.17, 15) is 0 Å². The molecule has 1 N–H and O–H groups in total. The standard InChI is InChI=1S/C18H30N2O2/c1-2-15-9-14(1)10-17(15)11-19-12-18(16-3-6-22-13-16)20-4-7-21-8-5-20/h1-2,14-19H,3-13H2/t14-,15-,16+,17+,18+/m0/s1. The molecule has 0 aromatic heterocycles. The van der Waals surface area contributed by atoms with Crippen LogP contribution in [0, 0.1) is 23.7 Å². The van der Waals surface area contributed by atoms with Gasteiger partial charge in [-0.2, -0.15) is 0 Å². The van der Waals surface area contributed by atoms with Crippen molar-refractivity contribution in [3.63, 3.8) is 0 Å². The number of morpholine rings is 1. The number of rotatable bonds is 6. The molecule has 124 valence electrons. The summed E-state index contributed by atoms with van der Waals surface area (Å²) in [6, 6.07) is 0.625. The van der Waals surface area contributed by atoms with Crippen LogP contribution in [-0.4, -0.2) is 63.5 Å². The molecule has 0 spiro atoms. The van der Waals surface area contributed by atoms with Crippen molar-refractivity contribution in [2.75, 3.05) is 52.6 Å². The second-order valence-electron chi connectivity index (χ2n) is 7.54. The van der Waals surface area contributed by atoms with E-state index in [1.54, 1.807) is 0 Å². The molecule has 0 aromatic carbocycles. The molecule has 4 nitrogen and oxygen atoms in total. The van der Waals surface area contributed by atoms with Gasteiger partial charge in [0.05, 0.1) is 19.8 Å². The maximum absolute atomic E-state index is 5.65. The van der Waals surface area contributed by atoms with Crippen molar-refractivity contribution in [3.8, 4) is 0 Å². The highest BCUT2D eigenvalue weighted by Crippen LogP contribution is 2.42. The average Bonchev–Trinajstić information content (AvgIpc) is 3.30. The molecule has 0 radical (unpaired) electrons. The van der Waals surface area contributed by atoms with Crippen molar-refractivity contribution in [3.05, 3.63) is 12.2 Å². The number of hydrogen-bond donors (Lipinski definition) is 1. The molecule has 4 heteroatoms. The second-order valence-corrected chi connectivity index (χ2v) is 7.54. The monoisotopic (exact) mass is 306 g/mol. The van der Waals surface area contributed by atoms with Crippen LogP contribution < -0.4 is 5.32 Å². The third kappa shape index (κ3) is 3.25. The zero-order valence-corrected chi connectivity index (χ0v) is 13.6. The lowest BCUT2D eigenvalue weighted by molar-refractivity contribution is 0.00122. The highest BCUT2D eigenvalue weighted by Gasteiger charge is 2.36. The van der Waals surface area contributed by atoms with E-state index in [2.05, 4.69) is 22.4 Å². The third-order valence-corrected chi connectivity index (χ3v) is 6.20. The van der Waals surface area contributed by atoms with Gasteiger partial charge in [0.15, 0.2) is 0 Å². The highest BCUT2D eigenvalue weighted by molar-refractivity contribution is 5.10. The molecule has 1 saturated carbocycles. The number of nitrogens with one attached hydrogen (secondary N) is 1. The molecule has 2 heterocycles. The third-order valence-electron chi connectivity index (χ3n) is 6.20. The van der Waals surface area contributed by atoms with Crippen molar-refractivity contribution in [2.24, 2.45) is 23.7 Å². The normalized spacial score (nSPS) is 39.6. The predicted molar refractivity (Wildman–Crippen MR) is 86.8 cm³/mol. The van der Waals surface area contributed by atoms with E-state index in [1.807, 2.05) is 0 Å². The molecule has 2 bridgehead atoms. The molecule has 2 saturated heterocycles. The van der Waals surface area contributed by atoms with Crippen molar-refractivity contribution in [1.82, 2.24) is 10.2 Å². The molecule has 0 aromatic rings. The molecule has 5 atom stereocenters. The van der Waals surface area contributed by atoms with Crippen LogP contribution >= 0.6 is 0 Å². The first kappa shape index (κ1) is 15.1. The summed E-state index contributed by atoms with van der Waals surface area (Å²) in [6.45, 7) is 8.15. The molecular weight excluding hydrogens is 276 g/mol. The van der Waals surface area contributed by atoms with E-state index in [4.69, 9.17) is 9.47 Å². The fourth-order valence-corrected chi connectivity index (χ4v) is 4.91. The number of nitrogens with zero attached hydrogens (tertiary/aromatic N) is 1. The van der Waals surface area contributed by atoms with Crippen LogP contribution in [0.15, 0.2) is 12.2 Å². The lowest BCUT2D eigenvalue weighted by atomic mass is 9.93. The minimum Gasteiger partial charge on any atom is -0.381 e. The summed E-state index contributed by atoms with van der Waals surface area (Å²) in [5.74, 6) is 3.31. The van der Waals surface area contributed by atoms with Crippen LogP contribution in [-0.2, 0) is 9.47 Å². The Bertz CT molecular complexity index is 389. The minimum atomic E-state index is 0.625. The summed E-state index contributed by atoms with van der Waals surface area (Å²) in [7, 11) is 0. The molecular formula is C18H30N2O2. The van der Waals surface area contributed by atoms with Gasteiger partial charge in [-0.1, -0.05) is 12.2 Å². The van der Waals surface area contributed by atoms with Crippen molar-refractivity contribution in [2.45, 2.75) is 25.3 Å². The van der Waals surface area contributed by atoms with E-state index < -0.39 is 0 Å². The Labute approximate surface area is 134 Å². The summed E-state index contributed by atoms with van der Waals surface area (Å²) in [5.41, 5.74) is 0. The summed E-state index contributed by atoms with van der Waals surface area (Å²) in [6.07, 6.45) is 8.94. The number of ether oxygens (including phenoxy) is 2. The maximum Gasteiger partial charge on any atom is 0.0594 e. The molecule has 2 aliphatic carbocycles. The first-order valence-electron chi connectivity index (χ1n) is 9.19. The quantitative estimate of drug-likeness (QED) is 0.755. The van der Waals surface area contributed by atoms with Crippen LogP contribution in [0.25, 0.3) is 0 Å². The zero-order chi connectivity index (χ0) is 14.8. The highest BCUT2D eigenvalue weighted by atomic mass is 16.5. The SMILES string of the molecule is C1=C[C@H]2C[C@H]1C[C@@H]2CNC[C@H]([C@@H]1CCOC1)N1CCOCC1. The van der Waals surface area contributed by atoms with Gasteiger partial charge >= 0.3 is 0 Å². The Morgan fingerprint density at radius 2 is 2.00 bits per heavy atom. The molecule has 3 fully saturated rings. The lowest BCUT2D eigenvalue weighted by Crippen LogP contribution is -2.52. The van der Waals surface area contributed by atoms with Crippen LogP contribution in [0.1, 0.15) is 19.3 Å². The Morgan fingerprint density at radius 1 is 1.09 bits per heavy atom. The van der Waals surface area contributed by atoms with Gasteiger partial charge in [0.2, 0.25) is 0 Å². The number of allylic oxidation sites excluding steroid dienone is 2. The predicted octanol–water partition coefficient (Wildman–Crippen LogP) is 1.53. The zero-order valence-electron chi connectivity index (χ0n) is 13.6. The Hall–Kier alpha value is -0.420. The fourth-order valence-electron chi connectivity index (χ4n) is 4.91. The van der Waals surface area contributed by atoms with Crippen molar-refractivity contribution in [1.29, 1.82) is 0 Å². The molecule has 0 amide bonds. The van der Waals surface area contributed by atoms with E-state index >= 15 is 0 Å². The van der Waals surface area contributed by atoms with Gasteiger partial charge in [0.1, 0.15) is 0 Å². The van der Waals surface area contributed by atoms with E-state index in [0.717, 1.165) is 63.8 Å². The maximum atomic E-state index is 5.65. The van der Waals surface area contributed by atoms with Gasteiger partial charge in [-0.25, -0.2) is 0 Å². The number of hydrogen-bond acceptors (Lipinski definition) is 4. The first-order valence-corrected chi connectivity index (χ1v) is 9.19. The van der Waals surface area contributed by atoms with Gasteiger partial charge in [-0.15, -0.1) is 0 Å². The summed E-state index contributed by atoms with van der Waals surface area (Å²) < 4.78 is 11.2. The van der Waals surface area contributed by atoms with Gasteiger partial charge in [0, 0.05) is 38.2 Å². The summed E-state index contributed by atoms with van der Waals surface area (Å²) in [5, 5.41) is 3.81. The van der Waals surface area contributed by atoms with E-state index in [0.29, 0.717) is 12.0 Å². The van der Waals surface area contributed by atoms with Gasteiger partial charge in [-0.05, 0) is 43.6 Å². The molecule has 4 aliphatic rings. The lowest BCUT2D eigenvalue weighted by Gasteiger charge is -2.38. The Balaban J connectivity index is 1.29. The van der Waals surface area contributed by atoms with Gasteiger partial charge in [-0.3, -0.25) is 4.90 Å². The summed E-state index contributed by atoms with van der Waals surface area (Å²) in [4.78, 5) is 2.64. The topological polar surface area (TPSA) is 33.7 Å². The molecule has 2 aliphatic heterocycles. The first-order chi connectivity index (χ1) is 10.9. The smallest absolute Gasteiger partial charge is 0.0594 e.